The molecule has 0 saturated carbocycles. The van der Waals surface area contributed by atoms with Crippen LogP contribution >= 0.6 is 11.3 Å². The fourth-order valence-electron chi connectivity index (χ4n) is 2.59. The van der Waals surface area contributed by atoms with E-state index in [1.807, 2.05) is 11.3 Å². The average Bonchev–Trinajstić information content (AvgIpc) is 3.18. The molecule has 1 fully saturated rings. The van der Waals surface area contributed by atoms with E-state index in [9.17, 15) is 0 Å². The van der Waals surface area contributed by atoms with Gasteiger partial charge in [0, 0.05) is 19.1 Å². The van der Waals surface area contributed by atoms with Gasteiger partial charge < -0.3 is 10.1 Å². The predicted octanol–water partition coefficient (Wildman–Crippen LogP) is 3.81. The summed E-state index contributed by atoms with van der Waals surface area (Å²) in [6.45, 7) is 5.77. The molecule has 1 aromatic heterocycles. The Morgan fingerprint density at radius 2 is 2.19 bits per heavy atom. The van der Waals surface area contributed by atoms with Crippen LogP contribution in [-0.4, -0.2) is 24.7 Å². The van der Waals surface area contributed by atoms with Crippen molar-refractivity contribution in [1.82, 2.24) is 10.3 Å². The Hall–Kier alpha value is -1.23. The topological polar surface area (TPSA) is 34.2 Å². The molecule has 0 aliphatic carbocycles. The Balaban J connectivity index is 1.87. The third-order valence-electron chi connectivity index (χ3n) is 3.75. The van der Waals surface area contributed by atoms with Gasteiger partial charge >= 0.3 is 0 Å². The van der Waals surface area contributed by atoms with Crippen molar-refractivity contribution in [3.05, 3.63) is 41.0 Å². The first-order chi connectivity index (χ1) is 10.4. The molecule has 4 heteroatoms. The van der Waals surface area contributed by atoms with Crippen LogP contribution in [0.2, 0.25) is 0 Å². The summed E-state index contributed by atoms with van der Waals surface area (Å²) in [6, 6.07) is 10.6. The van der Waals surface area contributed by atoms with Crippen molar-refractivity contribution in [2.45, 2.75) is 32.2 Å². The van der Waals surface area contributed by atoms with Gasteiger partial charge in [0.25, 0.3) is 0 Å². The maximum Gasteiger partial charge on any atom is 0.0990 e. The fourth-order valence-corrected chi connectivity index (χ4v) is 3.80. The lowest BCUT2D eigenvalue weighted by molar-refractivity contribution is 0.194. The molecule has 1 N–H and O–H groups in total. The van der Waals surface area contributed by atoms with Crippen molar-refractivity contribution in [3.8, 4) is 10.4 Å². The molecule has 3 rings (SSSR count). The first-order valence-electron chi connectivity index (χ1n) is 7.72. The Morgan fingerprint density at radius 3 is 2.90 bits per heavy atom. The van der Waals surface area contributed by atoms with E-state index in [0.29, 0.717) is 5.92 Å². The Labute approximate surface area is 130 Å². The van der Waals surface area contributed by atoms with Gasteiger partial charge in [-0.25, -0.2) is 4.98 Å². The molecule has 21 heavy (non-hydrogen) atoms. The molecular formula is C17H22N2OS. The SMILES string of the molecule is CCCNCc1nc(C2CCOC2)sc1-c1ccccc1. The Bertz CT molecular complexity index is 561. The highest BCUT2D eigenvalue weighted by Gasteiger charge is 2.23. The summed E-state index contributed by atoms with van der Waals surface area (Å²) in [5.41, 5.74) is 2.45. The van der Waals surface area contributed by atoms with Gasteiger partial charge in [0.05, 0.1) is 22.2 Å². The first kappa shape index (κ1) is 14.7. The van der Waals surface area contributed by atoms with E-state index in [1.54, 1.807) is 0 Å². The summed E-state index contributed by atoms with van der Waals surface area (Å²) in [7, 11) is 0. The van der Waals surface area contributed by atoms with Gasteiger partial charge in [-0.2, -0.15) is 0 Å². The minimum Gasteiger partial charge on any atom is -0.381 e. The van der Waals surface area contributed by atoms with Crippen molar-refractivity contribution in [2.75, 3.05) is 19.8 Å². The summed E-state index contributed by atoms with van der Waals surface area (Å²) < 4.78 is 5.52. The van der Waals surface area contributed by atoms with Crippen LogP contribution in [0.3, 0.4) is 0 Å². The number of aromatic nitrogens is 1. The number of nitrogens with one attached hydrogen (secondary N) is 1. The zero-order valence-corrected chi connectivity index (χ0v) is 13.3. The van der Waals surface area contributed by atoms with E-state index in [-0.39, 0.29) is 0 Å². The van der Waals surface area contributed by atoms with Crippen molar-refractivity contribution >= 4 is 11.3 Å². The number of hydrogen-bond acceptors (Lipinski definition) is 4. The number of ether oxygens (including phenoxy) is 1. The van der Waals surface area contributed by atoms with Crippen molar-refractivity contribution in [2.24, 2.45) is 0 Å². The highest BCUT2D eigenvalue weighted by atomic mass is 32.1. The first-order valence-corrected chi connectivity index (χ1v) is 8.53. The van der Waals surface area contributed by atoms with E-state index in [4.69, 9.17) is 9.72 Å². The normalized spacial score (nSPS) is 18.2. The third-order valence-corrected chi connectivity index (χ3v) is 5.06. The standard InChI is InChI=1S/C17H22N2OS/c1-2-9-18-11-15-16(13-6-4-3-5-7-13)21-17(19-15)14-8-10-20-12-14/h3-7,14,18H,2,8-12H2,1H3. The molecule has 2 aromatic rings. The van der Waals surface area contributed by atoms with Crippen molar-refractivity contribution in [3.63, 3.8) is 0 Å². The molecule has 1 aliphatic heterocycles. The van der Waals surface area contributed by atoms with Crippen LogP contribution in [0.1, 0.15) is 36.4 Å². The summed E-state index contributed by atoms with van der Waals surface area (Å²) >= 11 is 1.84. The second-order valence-corrected chi connectivity index (χ2v) is 6.46. The molecule has 1 aliphatic rings. The molecule has 0 bridgehead atoms. The van der Waals surface area contributed by atoms with Gasteiger partial charge in [-0.3, -0.25) is 0 Å². The Morgan fingerprint density at radius 1 is 1.33 bits per heavy atom. The predicted molar refractivity (Wildman–Crippen MR) is 87.7 cm³/mol. The largest absolute Gasteiger partial charge is 0.381 e. The molecule has 2 heterocycles. The summed E-state index contributed by atoms with van der Waals surface area (Å²) in [5, 5.41) is 4.71. The van der Waals surface area contributed by atoms with Crippen LogP contribution in [0.15, 0.2) is 30.3 Å². The molecule has 1 aromatic carbocycles. The fraction of sp³-hybridized carbons (Fsp3) is 0.471. The zero-order valence-electron chi connectivity index (χ0n) is 12.5. The van der Waals surface area contributed by atoms with Crippen LogP contribution in [0.5, 0.6) is 0 Å². The van der Waals surface area contributed by atoms with Crippen LogP contribution < -0.4 is 5.32 Å². The second kappa shape index (κ2) is 7.16. The van der Waals surface area contributed by atoms with E-state index < -0.39 is 0 Å². The van der Waals surface area contributed by atoms with E-state index >= 15 is 0 Å². The summed E-state index contributed by atoms with van der Waals surface area (Å²) in [4.78, 5) is 6.22. The lowest BCUT2D eigenvalue weighted by Gasteiger charge is -2.03. The van der Waals surface area contributed by atoms with Crippen molar-refractivity contribution in [1.29, 1.82) is 0 Å². The minimum absolute atomic E-state index is 0.484. The quantitative estimate of drug-likeness (QED) is 0.824. The zero-order chi connectivity index (χ0) is 14.5. The molecule has 0 spiro atoms. The molecule has 1 atom stereocenters. The summed E-state index contributed by atoms with van der Waals surface area (Å²) in [6.07, 6.45) is 2.25. The summed E-state index contributed by atoms with van der Waals surface area (Å²) in [5.74, 6) is 0.484. The molecule has 112 valence electrons. The lowest BCUT2D eigenvalue weighted by atomic mass is 10.1. The van der Waals surface area contributed by atoms with Gasteiger partial charge in [0.1, 0.15) is 0 Å². The van der Waals surface area contributed by atoms with Crippen LogP contribution in [0.25, 0.3) is 10.4 Å². The van der Waals surface area contributed by atoms with Gasteiger partial charge in [-0.1, -0.05) is 37.3 Å². The number of rotatable bonds is 6. The average molecular weight is 302 g/mol. The van der Waals surface area contributed by atoms with Crippen LogP contribution in [0, 0.1) is 0 Å². The smallest absolute Gasteiger partial charge is 0.0990 e. The van der Waals surface area contributed by atoms with Gasteiger partial charge in [0.15, 0.2) is 0 Å². The number of thiazole rings is 1. The third kappa shape index (κ3) is 3.51. The van der Waals surface area contributed by atoms with Crippen LogP contribution in [0.4, 0.5) is 0 Å². The number of benzene rings is 1. The molecule has 0 amide bonds. The molecular weight excluding hydrogens is 280 g/mol. The van der Waals surface area contributed by atoms with Crippen LogP contribution in [-0.2, 0) is 11.3 Å². The highest BCUT2D eigenvalue weighted by Crippen LogP contribution is 2.36. The van der Waals surface area contributed by atoms with Gasteiger partial charge in [0.2, 0.25) is 0 Å². The van der Waals surface area contributed by atoms with E-state index in [1.165, 1.54) is 21.1 Å². The van der Waals surface area contributed by atoms with Gasteiger partial charge in [-0.15, -0.1) is 11.3 Å². The number of hydrogen-bond donors (Lipinski definition) is 1. The molecule has 0 radical (unpaired) electrons. The Kier molecular flexibility index (Phi) is 5.01. The number of nitrogens with zero attached hydrogens (tertiary/aromatic N) is 1. The highest BCUT2D eigenvalue weighted by molar-refractivity contribution is 7.15. The van der Waals surface area contributed by atoms with E-state index in [0.717, 1.165) is 39.1 Å². The molecule has 1 unspecified atom stereocenters. The maximum atomic E-state index is 5.52. The van der Waals surface area contributed by atoms with E-state index in [2.05, 4.69) is 42.6 Å². The monoisotopic (exact) mass is 302 g/mol. The maximum absolute atomic E-state index is 5.52. The minimum atomic E-state index is 0.484. The second-order valence-electron chi connectivity index (χ2n) is 5.43. The van der Waals surface area contributed by atoms with Crippen molar-refractivity contribution < 1.29 is 4.74 Å². The molecule has 1 saturated heterocycles. The molecule has 3 nitrogen and oxygen atoms in total. The van der Waals surface area contributed by atoms with Gasteiger partial charge in [-0.05, 0) is 24.9 Å². The lowest BCUT2D eigenvalue weighted by Crippen LogP contribution is -2.14.